The average Bonchev–Trinajstić information content (AvgIpc) is 3.31. The second-order valence-electron chi connectivity index (χ2n) is 5.88. The summed E-state index contributed by atoms with van der Waals surface area (Å²) in [4.78, 5) is 14.5. The predicted octanol–water partition coefficient (Wildman–Crippen LogP) is 2.59. The minimum Gasteiger partial charge on any atom is -0.381 e. The molecule has 0 radical (unpaired) electrons. The van der Waals surface area contributed by atoms with E-state index in [0.717, 1.165) is 25.4 Å². The molecule has 1 aliphatic carbocycles. The summed E-state index contributed by atoms with van der Waals surface area (Å²) >= 11 is 6.17. The van der Waals surface area contributed by atoms with Gasteiger partial charge in [-0.25, -0.2) is 4.68 Å². The maximum Gasteiger partial charge on any atom is 0.287 e. The smallest absolute Gasteiger partial charge is 0.287 e. The Hall–Kier alpha value is -1.07. The third kappa shape index (κ3) is 4.20. The molecule has 0 aliphatic heterocycles. The van der Waals surface area contributed by atoms with Crippen LogP contribution in [0.1, 0.15) is 39.5 Å². The third-order valence-corrected chi connectivity index (χ3v) is 4.48. The first-order valence-corrected chi connectivity index (χ1v) is 8.13. The lowest BCUT2D eigenvalue weighted by Gasteiger charge is -2.25. The largest absolute Gasteiger partial charge is 0.381 e. The van der Waals surface area contributed by atoms with E-state index in [0.29, 0.717) is 18.3 Å². The number of hydrogen-bond donors (Lipinski definition) is 1. The number of halogens is 1. The molecule has 0 aromatic carbocycles. The van der Waals surface area contributed by atoms with Crippen molar-refractivity contribution in [1.82, 2.24) is 14.7 Å². The summed E-state index contributed by atoms with van der Waals surface area (Å²) in [6, 6.07) is 1.12. The molecule has 5 nitrogen and oxygen atoms in total. The Labute approximate surface area is 131 Å². The number of likely N-dealkylation sites (N-methyl/N-ethyl adjacent to an activating group) is 1. The average molecular weight is 313 g/mol. The van der Waals surface area contributed by atoms with Gasteiger partial charge in [-0.05, 0) is 33.2 Å². The van der Waals surface area contributed by atoms with E-state index in [4.69, 9.17) is 11.6 Å². The van der Waals surface area contributed by atoms with Gasteiger partial charge in [-0.3, -0.25) is 9.69 Å². The van der Waals surface area contributed by atoms with Crippen molar-refractivity contribution in [3.8, 4) is 0 Å². The molecule has 1 aromatic rings. The van der Waals surface area contributed by atoms with Crippen LogP contribution in [0, 0.1) is 0 Å². The van der Waals surface area contributed by atoms with Gasteiger partial charge < -0.3 is 5.32 Å². The van der Waals surface area contributed by atoms with Gasteiger partial charge in [0.25, 0.3) is 5.56 Å². The zero-order valence-corrected chi connectivity index (χ0v) is 13.9. The lowest BCUT2D eigenvalue weighted by molar-refractivity contribution is 0.257. The van der Waals surface area contributed by atoms with E-state index >= 15 is 0 Å². The quantitative estimate of drug-likeness (QED) is 0.801. The summed E-state index contributed by atoms with van der Waals surface area (Å²) in [5, 5.41) is 7.68. The van der Waals surface area contributed by atoms with E-state index in [1.165, 1.54) is 17.5 Å². The summed E-state index contributed by atoms with van der Waals surface area (Å²) < 4.78 is 1.44. The molecular weight excluding hydrogens is 288 g/mol. The van der Waals surface area contributed by atoms with Gasteiger partial charge in [0, 0.05) is 25.2 Å². The number of rotatable bonds is 8. The maximum absolute atomic E-state index is 12.1. The van der Waals surface area contributed by atoms with Crippen LogP contribution in [0.15, 0.2) is 11.0 Å². The molecule has 0 saturated heterocycles. The number of nitrogens with zero attached hydrogens (tertiary/aromatic N) is 3. The maximum atomic E-state index is 12.1. The molecule has 0 bridgehead atoms. The van der Waals surface area contributed by atoms with Crippen LogP contribution in [0.3, 0.4) is 0 Å². The van der Waals surface area contributed by atoms with Gasteiger partial charge in [0.15, 0.2) is 0 Å². The van der Waals surface area contributed by atoms with Crippen LogP contribution >= 0.6 is 11.6 Å². The van der Waals surface area contributed by atoms with E-state index in [1.54, 1.807) is 6.20 Å². The number of aryl methyl sites for hydroxylation is 1. The highest BCUT2D eigenvalue weighted by Gasteiger charge is 2.29. The molecule has 0 spiro atoms. The van der Waals surface area contributed by atoms with E-state index < -0.39 is 0 Å². The van der Waals surface area contributed by atoms with Gasteiger partial charge in [-0.2, -0.15) is 5.10 Å². The summed E-state index contributed by atoms with van der Waals surface area (Å²) in [5.41, 5.74) is 0.420. The minimum atomic E-state index is -0.210. The molecule has 2 rings (SSSR count). The fraction of sp³-hybridized carbons (Fsp3) is 0.733. The number of unbranched alkanes of at least 4 members (excludes halogenated alkanes) is 1. The van der Waals surface area contributed by atoms with Crippen molar-refractivity contribution < 1.29 is 0 Å². The summed E-state index contributed by atoms with van der Waals surface area (Å²) in [5.74, 6) is 0. The number of hydrogen-bond acceptors (Lipinski definition) is 4. The second-order valence-corrected chi connectivity index (χ2v) is 6.26. The zero-order chi connectivity index (χ0) is 15.4. The van der Waals surface area contributed by atoms with Crippen LogP contribution < -0.4 is 10.9 Å². The van der Waals surface area contributed by atoms with Crippen molar-refractivity contribution in [2.45, 2.75) is 58.2 Å². The van der Waals surface area contributed by atoms with Crippen LogP contribution in [0.5, 0.6) is 0 Å². The second kappa shape index (κ2) is 7.27. The Bertz CT molecular complexity index is 527. The first kappa shape index (κ1) is 16.3. The highest BCUT2D eigenvalue weighted by atomic mass is 35.5. The normalized spacial score (nSPS) is 16.2. The van der Waals surface area contributed by atoms with Crippen LogP contribution in [0.25, 0.3) is 0 Å². The molecule has 0 amide bonds. The molecule has 21 heavy (non-hydrogen) atoms. The van der Waals surface area contributed by atoms with Gasteiger partial charge >= 0.3 is 0 Å². The molecule has 118 valence electrons. The monoisotopic (exact) mass is 312 g/mol. The van der Waals surface area contributed by atoms with Gasteiger partial charge in [-0.1, -0.05) is 24.9 Å². The molecule has 1 saturated carbocycles. The highest BCUT2D eigenvalue weighted by molar-refractivity contribution is 6.32. The van der Waals surface area contributed by atoms with Crippen LogP contribution in [0.2, 0.25) is 5.02 Å². The molecule has 1 aromatic heterocycles. The third-order valence-electron chi connectivity index (χ3n) is 4.11. The van der Waals surface area contributed by atoms with E-state index in [2.05, 4.69) is 36.2 Å². The van der Waals surface area contributed by atoms with Crippen molar-refractivity contribution in [2.75, 3.05) is 18.9 Å². The first-order valence-electron chi connectivity index (χ1n) is 7.76. The predicted molar refractivity (Wildman–Crippen MR) is 87.2 cm³/mol. The fourth-order valence-corrected chi connectivity index (χ4v) is 2.51. The van der Waals surface area contributed by atoms with Crippen LogP contribution in [-0.4, -0.2) is 40.4 Å². The lowest BCUT2D eigenvalue weighted by Crippen LogP contribution is -2.36. The molecule has 1 N–H and O–H groups in total. The van der Waals surface area contributed by atoms with Gasteiger partial charge in [-0.15, -0.1) is 0 Å². The lowest BCUT2D eigenvalue weighted by atomic mass is 10.3. The number of anilines is 1. The van der Waals surface area contributed by atoms with Gasteiger partial charge in [0.05, 0.1) is 11.9 Å². The Morgan fingerprint density at radius 2 is 2.29 bits per heavy atom. The standard InChI is InChI=1S/C15H25ClN4O/c1-4-5-8-20-15(21)14(16)13(10-18-20)17-9-11(2)19(3)12-6-7-12/h10-12,17H,4-9H2,1-3H3. The highest BCUT2D eigenvalue weighted by Crippen LogP contribution is 2.27. The number of nitrogens with one attached hydrogen (secondary N) is 1. The van der Waals surface area contributed by atoms with Crippen molar-refractivity contribution >= 4 is 17.3 Å². The molecular formula is C15H25ClN4O. The molecule has 1 unspecified atom stereocenters. The summed E-state index contributed by atoms with van der Waals surface area (Å²) in [6.45, 7) is 5.64. The van der Waals surface area contributed by atoms with E-state index in [9.17, 15) is 4.79 Å². The molecule has 1 atom stereocenters. The summed E-state index contributed by atoms with van der Waals surface area (Å²) in [7, 11) is 2.15. The Morgan fingerprint density at radius 3 is 2.90 bits per heavy atom. The minimum absolute atomic E-state index is 0.210. The molecule has 1 fully saturated rings. The van der Waals surface area contributed by atoms with Gasteiger partial charge in [0.2, 0.25) is 0 Å². The number of aromatic nitrogens is 2. The molecule has 1 aliphatic rings. The molecule has 1 heterocycles. The summed E-state index contributed by atoms with van der Waals surface area (Å²) in [6.07, 6.45) is 6.19. The fourth-order valence-electron chi connectivity index (χ4n) is 2.30. The SMILES string of the molecule is CCCCn1ncc(NCC(C)N(C)C2CC2)c(Cl)c1=O. The van der Waals surface area contributed by atoms with Crippen molar-refractivity contribution in [3.63, 3.8) is 0 Å². The Morgan fingerprint density at radius 1 is 1.57 bits per heavy atom. The van der Waals surface area contributed by atoms with Gasteiger partial charge in [0.1, 0.15) is 5.02 Å². The van der Waals surface area contributed by atoms with Crippen LogP contribution in [-0.2, 0) is 6.54 Å². The zero-order valence-electron chi connectivity index (χ0n) is 13.1. The van der Waals surface area contributed by atoms with Crippen LogP contribution in [0.4, 0.5) is 5.69 Å². The Kier molecular flexibility index (Phi) is 5.65. The molecule has 6 heteroatoms. The van der Waals surface area contributed by atoms with Crippen molar-refractivity contribution in [2.24, 2.45) is 0 Å². The first-order chi connectivity index (χ1) is 10.0. The topological polar surface area (TPSA) is 50.2 Å². The Balaban J connectivity index is 1.96. The van der Waals surface area contributed by atoms with E-state index in [1.807, 2.05) is 0 Å². The van der Waals surface area contributed by atoms with Crippen molar-refractivity contribution in [1.29, 1.82) is 0 Å². The van der Waals surface area contributed by atoms with E-state index in [-0.39, 0.29) is 10.6 Å². The van der Waals surface area contributed by atoms with Crippen molar-refractivity contribution in [3.05, 3.63) is 21.6 Å².